The number of rotatable bonds is 5. The monoisotopic (exact) mass is 436 g/mol. The zero-order valence-corrected chi connectivity index (χ0v) is 17.9. The van der Waals surface area contributed by atoms with Crippen molar-refractivity contribution in [3.8, 4) is 11.9 Å². The van der Waals surface area contributed by atoms with Gasteiger partial charge in [-0.15, -0.1) is 0 Å². The first-order chi connectivity index (χ1) is 15.0. The summed E-state index contributed by atoms with van der Waals surface area (Å²) in [4.78, 5) is 8.78. The molecule has 1 saturated heterocycles. The quantitative estimate of drug-likeness (QED) is 0.603. The molecule has 0 spiro atoms. The van der Waals surface area contributed by atoms with Crippen molar-refractivity contribution in [3.05, 3.63) is 76.5 Å². The lowest BCUT2D eigenvalue weighted by molar-refractivity contribution is 0.284. The number of nitriles is 1. The number of hydrogen-bond donors (Lipinski definition) is 0. The van der Waals surface area contributed by atoms with E-state index >= 15 is 0 Å². The Morgan fingerprint density at radius 1 is 1.23 bits per heavy atom. The fraction of sp³-hybridized carbons (Fsp3) is 0.261. The van der Waals surface area contributed by atoms with E-state index in [1.54, 1.807) is 29.1 Å². The van der Waals surface area contributed by atoms with Gasteiger partial charge in [0, 0.05) is 50.2 Å². The smallest absolute Gasteiger partial charge is 0.172 e. The molecule has 8 heteroatoms. The summed E-state index contributed by atoms with van der Waals surface area (Å²) in [6.07, 6.45) is 7.70. The molecule has 0 amide bonds. The summed E-state index contributed by atoms with van der Waals surface area (Å²) >= 11 is 6.24. The van der Waals surface area contributed by atoms with E-state index < -0.39 is 0 Å². The molecule has 0 saturated carbocycles. The van der Waals surface area contributed by atoms with Crippen LogP contribution in [0.2, 0.25) is 5.02 Å². The minimum atomic E-state index is -0.373. The number of piperazine rings is 1. The minimum Gasteiger partial charge on any atom is -0.369 e. The number of hydrogen-bond acceptors (Lipinski definition) is 5. The van der Waals surface area contributed by atoms with Gasteiger partial charge in [0.25, 0.3) is 0 Å². The van der Waals surface area contributed by atoms with Crippen molar-refractivity contribution in [1.29, 1.82) is 5.26 Å². The van der Waals surface area contributed by atoms with Gasteiger partial charge in [-0.25, -0.2) is 14.1 Å². The van der Waals surface area contributed by atoms with Crippen LogP contribution in [-0.2, 0) is 0 Å². The highest BCUT2D eigenvalue weighted by Gasteiger charge is 2.17. The predicted octanol–water partition coefficient (Wildman–Crippen LogP) is 4.08. The van der Waals surface area contributed by atoms with Gasteiger partial charge < -0.3 is 4.90 Å². The van der Waals surface area contributed by atoms with Gasteiger partial charge in [0.15, 0.2) is 5.82 Å². The molecular weight excluding hydrogens is 415 g/mol. The van der Waals surface area contributed by atoms with Crippen molar-refractivity contribution in [3.63, 3.8) is 0 Å². The number of pyridine rings is 1. The molecule has 1 fully saturated rings. The molecule has 1 aromatic carbocycles. The first-order valence-electron chi connectivity index (χ1n) is 10.0. The highest BCUT2D eigenvalue weighted by atomic mass is 35.5. The van der Waals surface area contributed by atoms with Crippen molar-refractivity contribution in [1.82, 2.24) is 19.7 Å². The minimum absolute atomic E-state index is 0.350. The first kappa shape index (κ1) is 21.0. The summed E-state index contributed by atoms with van der Waals surface area (Å²) in [5.41, 5.74) is 3.11. The van der Waals surface area contributed by atoms with Gasteiger partial charge in [-0.1, -0.05) is 23.8 Å². The summed E-state index contributed by atoms with van der Waals surface area (Å²) < 4.78 is 15.5. The van der Waals surface area contributed by atoms with Crippen molar-refractivity contribution in [2.45, 2.75) is 6.92 Å². The molecule has 0 bridgehead atoms. The molecule has 0 N–H and O–H groups in total. The van der Waals surface area contributed by atoms with E-state index in [4.69, 9.17) is 16.9 Å². The van der Waals surface area contributed by atoms with Crippen molar-refractivity contribution in [2.24, 2.45) is 0 Å². The molecule has 0 radical (unpaired) electrons. The zero-order valence-electron chi connectivity index (χ0n) is 17.2. The maximum atomic E-state index is 13.7. The van der Waals surface area contributed by atoms with Crippen molar-refractivity contribution >= 4 is 23.4 Å². The van der Waals surface area contributed by atoms with Crippen LogP contribution in [0.15, 0.2) is 48.8 Å². The summed E-state index contributed by atoms with van der Waals surface area (Å²) in [6.45, 7) is 6.12. The van der Waals surface area contributed by atoms with Crippen LogP contribution in [0.25, 0.3) is 11.9 Å². The SMILES string of the molecule is Cc1c(C=CCN2CCN(c3cc(F)cc(C#N)c3)CC2)cnn1-c1ncccc1Cl. The summed E-state index contributed by atoms with van der Waals surface area (Å²) in [6, 6.07) is 10.1. The highest BCUT2D eigenvalue weighted by molar-refractivity contribution is 6.32. The van der Waals surface area contributed by atoms with Gasteiger partial charge in [-0.05, 0) is 37.3 Å². The number of nitrogens with zero attached hydrogens (tertiary/aromatic N) is 6. The largest absolute Gasteiger partial charge is 0.369 e. The standard InChI is InChI=1S/C23H22ClFN6/c1-17-19(16-28-31(17)23-22(24)5-2-6-27-23)4-3-7-29-8-10-30(11-9-29)21-13-18(15-26)12-20(25)14-21/h2-6,12-14,16H,7-11H2,1H3. The van der Waals surface area contributed by atoms with Crippen molar-refractivity contribution in [2.75, 3.05) is 37.6 Å². The van der Waals surface area contributed by atoms with E-state index in [2.05, 4.69) is 32.0 Å². The van der Waals surface area contributed by atoms with Gasteiger partial charge in [0.2, 0.25) is 0 Å². The van der Waals surface area contributed by atoms with Crippen LogP contribution in [0.1, 0.15) is 16.8 Å². The third kappa shape index (κ3) is 4.76. The van der Waals surface area contributed by atoms with E-state index in [-0.39, 0.29) is 5.82 Å². The Labute approximate surface area is 185 Å². The molecule has 158 valence electrons. The third-order valence-electron chi connectivity index (χ3n) is 5.40. The Balaban J connectivity index is 1.35. The summed E-state index contributed by atoms with van der Waals surface area (Å²) in [5.74, 6) is 0.247. The maximum Gasteiger partial charge on any atom is 0.172 e. The topological polar surface area (TPSA) is 61.0 Å². The molecule has 0 unspecified atom stereocenters. The molecule has 3 heterocycles. The van der Waals surface area contributed by atoms with Gasteiger partial charge in [-0.3, -0.25) is 4.90 Å². The molecular formula is C23H22ClFN6. The van der Waals surface area contributed by atoms with E-state index in [0.29, 0.717) is 16.4 Å². The number of benzene rings is 1. The van der Waals surface area contributed by atoms with E-state index in [0.717, 1.165) is 49.7 Å². The lowest BCUT2D eigenvalue weighted by Crippen LogP contribution is -2.46. The second-order valence-corrected chi connectivity index (χ2v) is 7.81. The van der Waals surface area contributed by atoms with Crippen LogP contribution in [0.4, 0.5) is 10.1 Å². The van der Waals surface area contributed by atoms with Gasteiger partial charge in [0.1, 0.15) is 5.82 Å². The molecule has 0 aliphatic carbocycles. The zero-order chi connectivity index (χ0) is 21.8. The van der Waals surface area contributed by atoms with Crippen LogP contribution in [0, 0.1) is 24.1 Å². The molecule has 0 atom stereocenters. The van der Waals surface area contributed by atoms with Gasteiger partial charge in [0.05, 0.1) is 28.5 Å². The highest BCUT2D eigenvalue weighted by Crippen LogP contribution is 2.21. The summed E-state index contributed by atoms with van der Waals surface area (Å²) in [7, 11) is 0. The van der Waals surface area contributed by atoms with Crippen LogP contribution in [0.5, 0.6) is 0 Å². The Kier molecular flexibility index (Phi) is 6.31. The molecule has 3 aromatic rings. The Hall–Kier alpha value is -3.21. The lowest BCUT2D eigenvalue weighted by Gasteiger charge is -2.35. The van der Waals surface area contributed by atoms with Crippen LogP contribution >= 0.6 is 11.6 Å². The average molecular weight is 437 g/mol. The van der Waals surface area contributed by atoms with Crippen LogP contribution in [0.3, 0.4) is 0 Å². The molecule has 6 nitrogen and oxygen atoms in total. The summed E-state index contributed by atoms with van der Waals surface area (Å²) in [5, 5.41) is 14.0. The van der Waals surface area contributed by atoms with E-state index in [1.807, 2.05) is 19.2 Å². The number of aromatic nitrogens is 3. The average Bonchev–Trinajstić information content (AvgIpc) is 3.14. The lowest BCUT2D eigenvalue weighted by atomic mass is 10.1. The normalized spacial score (nSPS) is 14.8. The Morgan fingerprint density at radius 2 is 2.03 bits per heavy atom. The first-order valence-corrected chi connectivity index (χ1v) is 10.4. The number of halogens is 2. The third-order valence-corrected chi connectivity index (χ3v) is 5.69. The maximum absolute atomic E-state index is 13.7. The van der Waals surface area contributed by atoms with Gasteiger partial charge in [-0.2, -0.15) is 10.4 Å². The Morgan fingerprint density at radius 3 is 2.77 bits per heavy atom. The van der Waals surface area contributed by atoms with Crippen molar-refractivity contribution < 1.29 is 4.39 Å². The molecule has 31 heavy (non-hydrogen) atoms. The second kappa shape index (κ2) is 9.29. The molecule has 1 aliphatic heterocycles. The van der Waals surface area contributed by atoms with Crippen LogP contribution in [-0.4, -0.2) is 52.4 Å². The fourth-order valence-corrected chi connectivity index (χ4v) is 3.87. The van der Waals surface area contributed by atoms with E-state index in [9.17, 15) is 4.39 Å². The molecule has 1 aliphatic rings. The van der Waals surface area contributed by atoms with Gasteiger partial charge >= 0.3 is 0 Å². The van der Waals surface area contributed by atoms with E-state index in [1.165, 1.54) is 12.1 Å². The molecule has 4 rings (SSSR count). The fourth-order valence-electron chi connectivity index (χ4n) is 3.67. The molecule has 2 aromatic heterocycles. The van der Waals surface area contributed by atoms with Crippen LogP contribution < -0.4 is 4.90 Å². The second-order valence-electron chi connectivity index (χ2n) is 7.41. The number of anilines is 1. The predicted molar refractivity (Wildman–Crippen MR) is 120 cm³/mol. The Bertz CT molecular complexity index is 1140.